The van der Waals surface area contributed by atoms with Crippen molar-refractivity contribution in [2.24, 2.45) is 5.92 Å². The standard InChI is InChI=1S/C13H16F2N2O/c1-7-3-4-9(14)12(10(7)15)17-13(18)11-8(2)5-6-16-11/h3-4,8,11,16H,5-6H2,1-2H3,(H,17,18). The number of benzene rings is 1. The minimum atomic E-state index is -0.753. The van der Waals surface area contributed by atoms with Crippen LogP contribution in [-0.2, 0) is 4.79 Å². The van der Waals surface area contributed by atoms with Gasteiger partial charge in [-0.1, -0.05) is 13.0 Å². The van der Waals surface area contributed by atoms with E-state index in [2.05, 4.69) is 10.6 Å². The van der Waals surface area contributed by atoms with Gasteiger partial charge in [0.25, 0.3) is 0 Å². The van der Waals surface area contributed by atoms with Crippen molar-refractivity contribution in [3.63, 3.8) is 0 Å². The van der Waals surface area contributed by atoms with E-state index in [4.69, 9.17) is 0 Å². The molecule has 2 atom stereocenters. The highest BCUT2D eigenvalue weighted by atomic mass is 19.1. The lowest BCUT2D eigenvalue weighted by atomic mass is 10.0. The number of aryl methyl sites for hydroxylation is 1. The number of anilines is 1. The fourth-order valence-corrected chi connectivity index (χ4v) is 2.16. The van der Waals surface area contributed by atoms with Gasteiger partial charge in [-0.2, -0.15) is 0 Å². The molecule has 0 bridgehead atoms. The number of rotatable bonds is 2. The molecule has 1 amide bonds. The van der Waals surface area contributed by atoms with E-state index in [1.165, 1.54) is 13.0 Å². The fourth-order valence-electron chi connectivity index (χ4n) is 2.16. The zero-order valence-electron chi connectivity index (χ0n) is 10.4. The van der Waals surface area contributed by atoms with Crippen LogP contribution in [0.3, 0.4) is 0 Å². The van der Waals surface area contributed by atoms with Gasteiger partial charge in [-0.3, -0.25) is 4.79 Å². The number of hydrogen-bond acceptors (Lipinski definition) is 2. The molecular formula is C13H16F2N2O. The maximum atomic E-state index is 13.7. The van der Waals surface area contributed by atoms with Crippen LogP contribution >= 0.6 is 0 Å². The van der Waals surface area contributed by atoms with Crippen LogP contribution in [0.1, 0.15) is 18.9 Å². The number of nitrogens with one attached hydrogen (secondary N) is 2. The molecule has 1 aliphatic heterocycles. The van der Waals surface area contributed by atoms with Crippen molar-refractivity contribution in [1.29, 1.82) is 0 Å². The van der Waals surface area contributed by atoms with Gasteiger partial charge in [0.15, 0.2) is 5.82 Å². The van der Waals surface area contributed by atoms with Crippen molar-refractivity contribution in [1.82, 2.24) is 5.32 Å². The molecule has 1 aromatic carbocycles. The van der Waals surface area contributed by atoms with Gasteiger partial charge in [0.2, 0.25) is 5.91 Å². The topological polar surface area (TPSA) is 41.1 Å². The van der Waals surface area contributed by atoms with E-state index < -0.39 is 11.6 Å². The number of hydrogen-bond donors (Lipinski definition) is 2. The van der Waals surface area contributed by atoms with Gasteiger partial charge >= 0.3 is 0 Å². The summed E-state index contributed by atoms with van der Waals surface area (Å²) in [4.78, 5) is 11.9. The molecule has 0 aromatic heterocycles. The van der Waals surface area contributed by atoms with Gasteiger partial charge in [0, 0.05) is 0 Å². The number of amides is 1. The van der Waals surface area contributed by atoms with Crippen LogP contribution in [-0.4, -0.2) is 18.5 Å². The summed E-state index contributed by atoms with van der Waals surface area (Å²) in [6.45, 7) is 4.21. The second-order valence-corrected chi connectivity index (χ2v) is 4.74. The maximum absolute atomic E-state index is 13.7. The van der Waals surface area contributed by atoms with E-state index in [1.807, 2.05) is 6.92 Å². The first-order valence-electron chi connectivity index (χ1n) is 5.99. The molecule has 0 radical (unpaired) electrons. The fraction of sp³-hybridized carbons (Fsp3) is 0.462. The molecular weight excluding hydrogens is 238 g/mol. The minimum absolute atomic E-state index is 0.168. The van der Waals surface area contributed by atoms with Crippen LogP contribution in [0, 0.1) is 24.5 Å². The van der Waals surface area contributed by atoms with Crippen molar-refractivity contribution in [2.45, 2.75) is 26.3 Å². The molecule has 1 aromatic rings. The van der Waals surface area contributed by atoms with Gasteiger partial charge in [-0.25, -0.2) is 8.78 Å². The van der Waals surface area contributed by atoms with E-state index in [1.54, 1.807) is 0 Å². The summed E-state index contributed by atoms with van der Waals surface area (Å²) in [5, 5.41) is 5.36. The van der Waals surface area contributed by atoms with Crippen LogP contribution < -0.4 is 10.6 Å². The number of carbonyl (C=O) groups is 1. The van der Waals surface area contributed by atoms with Crippen molar-refractivity contribution in [3.05, 3.63) is 29.3 Å². The largest absolute Gasteiger partial charge is 0.320 e. The molecule has 98 valence electrons. The minimum Gasteiger partial charge on any atom is -0.320 e. The first-order chi connectivity index (χ1) is 8.50. The third kappa shape index (κ3) is 2.36. The molecule has 1 fully saturated rings. The Morgan fingerprint density at radius 2 is 2.17 bits per heavy atom. The highest BCUT2D eigenvalue weighted by molar-refractivity contribution is 5.95. The quantitative estimate of drug-likeness (QED) is 0.849. The zero-order valence-corrected chi connectivity index (χ0v) is 10.4. The smallest absolute Gasteiger partial charge is 0.241 e. The molecule has 5 heteroatoms. The number of carbonyl (C=O) groups excluding carboxylic acids is 1. The SMILES string of the molecule is Cc1ccc(F)c(NC(=O)C2NCCC2C)c1F. The highest BCUT2D eigenvalue weighted by Crippen LogP contribution is 2.23. The molecule has 18 heavy (non-hydrogen) atoms. The Balaban J connectivity index is 2.19. The van der Waals surface area contributed by atoms with Crippen LogP contribution in [0.5, 0.6) is 0 Å². The molecule has 2 unspecified atom stereocenters. The summed E-state index contributed by atoms with van der Waals surface area (Å²) in [6.07, 6.45) is 0.886. The molecule has 1 aliphatic rings. The van der Waals surface area contributed by atoms with Crippen LogP contribution in [0.25, 0.3) is 0 Å². The monoisotopic (exact) mass is 254 g/mol. The molecule has 3 nitrogen and oxygen atoms in total. The average Bonchev–Trinajstić information content (AvgIpc) is 2.76. The van der Waals surface area contributed by atoms with Crippen LogP contribution in [0.15, 0.2) is 12.1 Å². The van der Waals surface area contributed by atoms with E-state index in [-0.39, 0.29) is 23.6 Å². The zero-order chi connectivity index (χ0) is 13.3. The third-order valence-corrected chi connectivity index (χ3v) is 3.35. The maximum Gasteiger partial charge on any atom is 0.241 e. The second kappa shape index (κ2) is 5.02. The second-order valence-electron chi connectivity index (χ2n) is 4.74. The first kappa shape index (κ1) is 13.0. The summed E-state index contributed by atoms with van der Waals surface area (Å²) in [7, 11) is 0. The molecule has 2 N–H and O–H groups in total. The third-order valence-electron chi connectivity index (χ3n) is 3.35. The Labute approximate surface area is 105 Å². The lowest BCUT2D eigenvalue weighted by molar-refractivity contribution is -0.118. The van der Waals surface area contributed by atoms with Crippen LogP contribution in [0.2, 0.25) is 0 Å². The van der Waals surface area contributed by atoms with Gasteiger partial charge in [-0.05, 0) is 37.4 Å². The summed E-state index contributed by atoms with van der Waals surface area (Å²) in [6, 6.07) is 2.11. The Bertz CT molecular complexity index is 476. The summed E-state index contributed by atoms with van der Waals surface area (Å²) in [5.74, 6) is -1.68. The molecule has 1 heterocycles. The summed E-state index contributed by atoms with van der Waals surface area (Å²) in [5.41, 5.74) is -0.0555. The first-order valence-corrected chi connectivity index (χ1v) is 5.99. The lowest BCUT2D eigenvalue weighted by Gasteiger charge is -2.16. The Hall–Kier alpha value is -1.49. The molecule has 0 saturated carbocycles. The molecule has 0 aliphatic carbocycles. The van der Waals surface area contributed by atoms with E-state index in [9.17, 15) is 13.6 Å². The highest BCUT2D eigenvalue weighted by Gasteiger charge is 2.30. The van der Waals surface area contributed by atoms with Gasteiger partial charge in [0.1, 0.15) is 11.5 Å². The van der Waals surface area contributed by atoms with E-state index in [0.717, 1.165) is 19.0 Å². The Morgan fingerprint density at radius 1 is 1.44 bits per heavy atom. The van der Waals surface area contributed by atoms with E-state index >= 15 is 0 Å². The predicted molar refractivity (Wildman–Crippen MR) is 65.3 cm³/mol. The van der Waals surface area contributed by atoms with Crippen molar-refractivity contribution < 1.29 is 13.6 Å². The van der Waals surface area contributed by atoms with Gasteiger partial charge in [0.05, 0.1) is 6.04 Å². The molecule has 0 spiro atoms. The molecule has 2 rings (SSSR count). The summed E-state index contributed by atoms with van der Waals surface area (Å²) < 4.78 is 27.2. The lowest BCUT2D eigenvalue weighted by Crippen LogP contribution is -2.39. The average molecular weight is 254 g/mol. The van der Waals surface area contributed by atoms with Crippen molar-refractivity contribution in [3.8, 4) is 0 Å². The Kier molecular flexibility index (Phi) is 3.61. The summed E-state index contributed by atoms with van der Waals surface area (Å²) >= 11 is 0. The van der Waals surface area contributed by atoms with E-state index in [0.29, 0.717) is 5.56 Å². The normalized spacial score (nSPS) is 23.1. The van der Waals surface area contributed by atoms with Gasteiger partial charge < -0.3 is 10.6 Å². The van der Waals surface area contributed by atoms with Gasteiger partial charge in [-0.15, -0.1) is 0 Å². The van der Waals surface area contributed by atoms with Crippen molar-refractivity contribution in [2.75, 3.05) is 11.9 Å². The Morgan fingerprint density at radius 3 is 2.78 bits per heavy atom. The predicted octanol–water partition coefficient (Wildman–Crippen LogP) is 2.21. The number of halogens is 2. The van der Waals surface area contributed by atoms with Crippen molar-refractivity contribution >= 4 is 11.6 Å². The van der Waals surface area contributed by atoms with Crippen LogP contribution in [0.4, 0.5) is 14.5 Å². The molecule has 1 saturated heterocycles.